The van der Waals surface area contributed by atoms with Crippen molar-refractivity contribution < 1.29 is 27.7 Å². The molecule has 1 fully saturated rings. The molecular weight excluding hydrogens is 384 g/mol. The molecule has 150 valence electrons. The van der Waals surface area contributed by atoms with Gasteiger partial charge in [0.25, 0.3) is 0 Å². The van der Waals surface area contributed by atoms with E-state index in [9.17, 15) is 9.18 Å². The van der Waals surface area contributed by atoms with Crippen LogP contribution < -0.4 is 14.9 Å². The van der Waals surface area contributed by atoms with Crippen LogP contribution in [-0.2, 0) is 15.9 Å². The van der Waals surface area contributed by atoms with Crippen LogP contribution in [0.15, 0.2) is 72.8 Å². The van der Waals surface area contributed by atoms with Crippen molar-refractivity contribution in [1.82, 2.24) is 0 Å². The van der Waals surface area contributed by atoms with Crippen molar-refractivity contribution in [2.45, 2.75) is 12.5 Å². The van der Waals surface area contributed by atoms with Gasteiger partial charge in [0.1, 0.15) is 17.8 Å². The van der Waals surface area contributed by atoms with Crippen molar-refractivity contribution in [3.63, 3.8) is 0 Å². The van der Waals surface area contributed by atoms with E-state index in [-0.39, 0.29) is 11.8 Å². The maximum atomic E-state index is 13.6. The van der Waals surface area contributed by atoms with Crippen molar-refractivity contribution in [3.05, 3.63) is 89.7 Å². The van der Waals surface area contributed by atoms with E-state index in [1.165, 1.54) is 12.1 Å². The predicted molar refractivity (Wildman–Crippen MR) is 111 cm³/mol. The molecule has 7 heteroatoms. The van der Waals surface area contributed by atoms with E-state index in [0.717, 1.165) is 11.1 Å². The van der Waals surface area contributed by atoms with Crippen LogP contribution in [0.3, 0.4) is 0 Å². The van der Waals surface area contributed by atoms with Crippen LogP contribution in [0, 0.1) is 5.82 Å². The normalized spacial score (nSPS) is 21.7. The Kier molecular flexibility index (Phi) is 4.31. The lowest BCUT2D eigenvalue weighted by atomic mass is 9.62. The van der Waals surface area contributed by atoms with Crippen LogP contribution >= 0.6 is 0 Å². The van der Waals surface area contributed by atoms with Gasteiger partial charge in [0.05, 0.1) is 18.4 Å². The number of rotatable bonds is 4. The quantitative estimate of drug-likeness (QED) is 0.629. The van der Waals surface area contributed by atoms with Gasteiger partial charge in [-0.25, -0.2) is 9.18 Å². The molecule has 2 unspecified atom stereocenters. The second kappa shape index (κ2) is 7.02. The topological polar surface area (TPSA) is 47.8 Å². The number of methoxy groups -OCH3 is 1. The van der Waals surface area contributed by atoms with E-state index >= 15 is 0 Å². The van der Waals surface area contributed by atoms with Crippen molar-refractivity contribution in [2.24, 2.45) is 0 Å². The van der Waals surface area contributed by atoms with Crippen LogP contribution in [0.2, 0.25) is 0 Å². The fraction of sp³-hybridized carbons (Fsp3) is 0.130. The fourth-order valence-corrected chi connectivity index (χ4v) is 4.15. The summed E-state index contributed by atoms with van der Waals surface area (Å²) in [5.41, 5.74) is 2.41. The summed E-state index contributed by atoms with van der Waals surface area (Å²) in [6, 6.07) is 20.5. The molecular formula is C23H19BFNO4. The monoisotopic (exact) mass is 403 g/mol. The first-order valence-electron chi connectivity index (χ1n) is 9.76. The molecule has 2 aliphatic rings. The Balaban J connectivity index is 1.65. The van der Waals surface area contributed by atoms with E-state index in [2.05, 4.69) is 0 Å². The molecule has 0 radical (unpaired) electrons. The third kappa shape index (κ3) is 2.94. The molecule has 3 aromatic rings. The van der Waals surface area contributed by atoms with E-state index < -0.39 is 12.7 Å². The Morgan fingerprint density at radius 3 is 2.53 bits per heavy atom. The highest BCUT2D eigenvalue weighted by molar-refractivity contribution is 6.77. The number of ether oxygens (including phenoxy) is 1. The number of nitrogens with zero attached hydrogens (tertiary/aromatic N) is 1. The minimum Gasteiger partial charge on any atom is -0.618 e. The summed E-state index contributed by atoms with van der Waals surface area (Å²) in [4.78, 5) is 13.0. The Morgan fingerprint density at radius 2 is 1.80 bits per heavy atom. The smallest absolute Gasteiger partial charge is 0.618 e. The van der Waals surface area contributed by atoms with Gasteiger partial charge >= 0.3 is 12.7 Å². The van der Waals surface area contributed by atoms with Crippen LogP contribution in [-0.4, -0.2) is 36.5 Å². The Bertz CT molecular complexity index is 1150. The van der Waals surface area contributed by atoms with Gasteiger partial charge in [-0.15, -0.1) is 0 Å². The number of halogens is 1. The highest BCUT2D eigenvalue weighted by Gasteiger charge is 2.61. The lowest BCUT2D eigenvalue weighted by Crippen LogP contribution is -2.64. The van der Waals surface area contributed by atoms with Crippen LogP contribution in [0.25, 0.3) is 0 Å². The van der Waals surface area contributed by atoms with Gasteiger partial charge < -0.3 is 18.5 Å². The van der Waals surface area contributed by atoms with Crippen LogP contribution in [0.4, 0.5) is 4.39 Å². The van der Waals surface area contributed by atoms with Crippen molar-refractivity contribution in [3.8, 4) is 11.5 Å². The zero-order valence-electron chi connectivity index (χ0n) is 16.3. The molecule has 5 rings (SSSR count). The largest absolute Gasteiger partial charge is 0.682 e. The van der Waals surface area contributed by atoms with Gasteiger partial charge in [0.15, 0.2) is 0 Å². The van der Waals surface area contributed by atoms with Gasteiger partial charge in [-0.1, -0.05) is 42.5 Å². The summed E-state index contributed by atoms with van der Waals surface area (Å²) in [6.45, 7) is -2.36. The Hall–Kier alpha value is -3.61. The highest BCUT2D eigenvalue weighted by Crippen LogP contribution is 2.34. The minimum atomic E-state index is -2.36. The lowest BCUT2D eigenvalue weighted by molar-refractivity contribution is -0.432. The fourth-order valence-electron chi connectivity index (χ4n) is 4.15. The molecule has 0 amide bonds. The van der Waals surface area contributed by atoms with Crippen molar-refractivity contribution in [1.29, 1.82) is 0 Å². The lowest BCUT2D eigenvalue weighted by Gasteiger charge is -2.35. The molecule has 0 bridgehead atoms. The summed E-state index contributed by atoms with van der Waals surface area (Å²) < 4.78 is 33.0. The summed E-state index contributed by atoms with van der Waals surface area (Å²) in [7, 11) is 1.58. The number of fused-ring (bicyclic) bond motifs is 2. The van der Waals surface area contributed by atoms with E-state index in [1.54, 1.807) is 25.3 Å². The molecule has 0 saturated carbocycles. The zero-order chi connectivity index (χ0) is 20.7. The number of carbonyl (C=O) groups excluding carboxylic acids is 1. The molecule has 0 aliphatic carbocycles. The standard InChI is InChI=1S/C23H19BFNO4/c1-28-20-12-7-17-15-26-21(13-16-5-3-2-4-6-16)23(27)30-24(26,29-22(17)14-20)18-8-10-19(25)11-9-18/h2-12,14-15,21H,13H2,1H3. The average Bonchev–Trinajstić information content (AvgIpc) is 3.04. The molecule has 2 aliphatic heterocycles. The third-order valence-corrected chi connectivity index (χ3v) is 5.66. The summed E-state index contributed by atoms with van der Waals surface area (Å²) in [6.07, 6.45) is 2.36. The molecule has 30 heavy (non-hydrogen) atoms. The summed E-state index contributed by atoms with van der Waals surface area (Å²) in [5.74, 6) is 0.428. The summed E-state index contributed by atoms with van der Waals surface area (Å²) in [5, 5.41) is 0. The van der Waals surface area contributed by atoms with E-state index in [1.807, 2.05) is 53.2 Å². The van der Waals surface area contributed by atoms with Gasteiger partial charge in [0.2, 0.25) is 6.04 Å². The van der Waals surface area contributed by atoms with Crippen molar-refractivity contribution >= 4 is 24.3 Å². The molecule has 2 atom stereocenters. The second-order valence-corrected chi connectivity index (χ2v) is 7.46. The van der Waals surface area contributed by atoms with Crippen LogP contribution in [0.1, 0.15) is 11.1 Å². The molecule has 2 heterocycles. The summed E-state index contributed by atoms with van der Waals surface area (Å²) >= 11 is 0. The van der Waals surface area contributed by atoms with Gasteiger partial charge in [0, 0.05) is 12.5 Å². The van der Waals surface area contributed by atoms with Gasteiger partial charge in [-0.2, -0.15) is 0 Å². The van der Waals surface area contributed by atoms with Crippen LogP contribution in [0.5, 0.6) is 11.5 Å². The van der Waals surface area contributed by atoms with Gasteiger partial charge in [-0.05, 0) is 35.3 Å². The molecule has 3 aromatic carbocycles. The average molecular weight is 403 g/mol. The molecule has 0 N–H and O–H groups in total. The Labute approximate surface area is 173 Å². The van der Waals surface area contributed by atoms with Crippen molar-refractivity contribution in [2.75, 3.05) is 7.11 Å². The number of hydrogen-bond acceptors (Lipinski definition) is 4. The third-order valence-electron chi connectivity index (χ3n) is 5.66. The van der Waals surface area contributed by atoms with Gasteiger partial charge in [-0.3, -0.25) is 0 Å². The minimum absolute atomic E-state index is 0.371. The maximum absolute atomic E-state index is 13.6. The maximum Gasteiger partial charge on any atom is 0.682 e. The van der Waals surface area contributed by atoms with E-state index in [4.69, 9.17) is 14.0 Å². The first-order valence-corrected chi connectivity index (χ1v) is 9.76. The zero-order valence-corrected chi connectivity index (χ0v) is 16.3. The number of hydrogen-bond donors (Lipinski definition) is 0. The predicted octanol–water partition coefficient (Wildman–Crippen LogP) is 2.67. The SMILES string of the molecule is COc1ccc2c(c1)O[B-]1(c3ccc(F)cc3)OC(=O)C(Cc3ccccc3)[N+]1=C2. The number of benzene rings is 3. The molecule has 1 saturated heterocycles. The molecule has 5 nitrogen and oxygen atoms in total. The number of carbonyl (C=O) groups is 1. The highest BCUT2D eigenvalue weighted by atomic mass is 19.1. The first kappa shape index (κ1) is 18.4. The Morgan fingerprint density at radius 1 is 1.03 bits per heavy atom. The van der Waals surface area contributed by atoms with E-state index in [0.29, 0.717) is 23.4 Å². The second-order valence-electron chi connectivity index (χ2n) is 7.46. The molecule has 0 aromatic heterocycles. The molecule has 0 spiro atoms. The first-order chi connectivity index (χ1) is 14.6.